The molecule has 1 aromatic rings. The van der Waals surface area contributed by atoms with Crippen LogP contribution in [0, 0.1) is 0 Å². The van der Waals surface area contributed by atoms with E-state index in [4.69, 9.17) is 10.5 Å². The van der Waals surface area contributed by atoms with Crippen LogP contribution in [0.15, 0.2) is 29.3 Å². The fraction of sp³-hybridized carbons (Fsp3) is 0.611. The fourth-order valence-electron chi connectivity index (χ4n) is 3.44. The number of hydrogen-bond acceptors (Lipinski definition) is 2. The SMILES string of the molecule is COCC(C)NC(N)=NCC1(c2cccc(C(F)(F)F)c2)CCCC1. The van der Waals surface area contributed by atoms with Crippen molar-refractivity contribution in [3.8, 4) is 0 Å². The Hall–Kier alpha value is -1.76. The van der Waals surface area contributed by atoms with Crippen molar-refractivity contribution in [2.45, 2.75) is 50.2 Å². The molecule has 25 heavy (non-hydrogen) atoms. The lowest BCUT2D eigenvalue weighted by Crippen LogP contribution is -2.41. The molecule has 1 saturated carbocycles. The first kappa shape index (κ1) is 19.6. The van der Waals surface area contributed by atoms with Crippen molar-refractivity contribution in [3.63, 3.8) is 0 Å². The van der Waals surface area contributed by atoms with E-state index in [-0.39, 0.29) is 11.5 Å². The second kappa shape index (κ2) is 8.08. The third-order valence-corrected chi connectivity index (χ3v) is 4.73. The monoisotopic (exact) mass is 357 g/mol. The molecule has 1 aliphatic rings. The number of nitrogens with zero attached hydrogens (tertiary/aromatic N) is 1. The van der Waals surface area contributed by atoms with Gasteiger partial charge in [0, 0.05) is 18.6 Å². The molecule has 3 N–H and O–H groups in total. The maximum atomic E-state index is 13.0. The van der Waals surface area contributed by atoms with Crippen LogP contribution in [0.3, 0.4) is 0 Å². The van der Waals surface area contributed by atoms with Crippen molar-refractivity contribution >= 4 is 5.96 Å². The lowest BCUT2D eigenvalue weighted by atomic mass is 9.78. The Morgan fingerprint density at radius 3 is 2.64 bits per heavy atom. The molecule has 0 amide bonds. The van der Waals surface area contributed by atoms with Crippen molar-refractivity contribution in [2.75, 3.05) is 20.3 Å². The van der Waals surface area contributed by atoms with Crippen LogP contribution in [0.1, 0.15) is 43.7 Å². The molecule has 1 aromatic carbocycles. The van der Waals surface area contributed by atoms with Crippen LogP contribution in [0.2, 0.25) is 0 Å². The normalized spacial score (nSPS) is 19.0. The van der Waals surface area contributed by atoms with Gasteiger partial charge in [0.2, 0.25) is 0 Å². The first-order chi connectivity index (χ1) is 11.8. The van der Waals surface area contributed by atoms with E-state index in [1.807, 2.05) is 6.92 Å². The van der Waals surface area contributed by atoms with Crippen molar-refractivity contribution in [2.24, 2.45) is 10.7 Å². The van der Waals surface area contributed by atoms with Gasteiger partial charge in [0.15, 0.2) is 5.96 Å². The quantitative estimate of drug-likeness (QED) is 0.605. The highest BCUT2D eigenvalue weighted by molar-refractivity contribution is 5.78. The van der Waals surface area contributed by atoms with Gasteiger partial charge in [-0.1, -0.05) is 31.0 Å². The predicted molar refractivity (Wildman–Crippen MR) is 92.6 cm³/mol. The van der Waals surface area contributed by atoms with Gasteiger partial charge in [0.25, 0.3) is 0 Å². The van der Waals surface area contributed by atoms with E-state index in [2.05, 4.69) is 10.3 Å². The summed E-state index contributed by atoms with van der Waals surface area (Å²) in [6, 6.07) is 5.63. The number of rotatable bonds is 6. The van der Waals surface area contributed by atoms with E-state index in [9.17, 15) is 13.2 Å². The number of nitrogens with one attached hydrogen (secondary N) is 1. The number of hydrogen-bond donors (Lipinski definition) is 2. The minimum Gasteiger partial charge on any atom is -0.383 e. The van der Waals surface area contributed by atoms with Crippen molar-refractivity contribution in [1.29, 1.82) is 0 Å². The first-order valence-corrected chi connectivity index (χ1v) is 8.50. The van der Waals surface area contributed by atoms with Gasteiger partial charge in [0.1, 0.15) is 0 Å². The lowest BCUT2D eigenvalue weighted by Gasteiger charge is -2.29. The van der Waals surface area contributed by atoms with E-state index in [1.54, 1.807) is 13.2 Å². The summed E-state index contributed by atoms with van der Waals surface area (Å²) in [5.74, 6) is 0.294. The number of methoxy groups -OCH3 is 1. The number of nitrogens with two attached hydrogens (primary N) is 1. The standard InChI is InChI=1S/C18H26F3N3O/c1-13(11-25-2)24-16(22)23-12-17(8-3-4-9-17)14-6-5-7-15(10-14)18(19,20)21/h5-7,10,13H,3-4,8-9,11-12H2,1-2H3,(H3,22,23,24). The van der Waals surface area contributed by atoms with Crippen molar-refractivity contribution in [3.05, 3.63) is 35.4 Å². The molecule has 7 heteroatoms. The van der Waals surface area contributed by atoms with Gasteiger partial charge in [-0.15, -0.1) is 0 Å². The van der Waals surface area contributed by atoms with E-state index in [1.165, 1.54) is 12.1 Å². The second-order valence-corrected chi connectivity index (χ2v) is 6.77. The summed E-state index contributed by atoms with van der Waals surface area (Å²) in [5, 5.41) is 3.03. The molecule has 1 aliphatic carbocycles. The van der Waals surface area contributed by atoms with Crippen LogP contribution in [0.4, 0.5) is 13.2 Å². The molecule has 1 unspecified atom stereocenters. The van der Waals surface area contributed by atoms with Crippen LogP contribution in [0.25, 0.3) is 0 Å². The van der Waals surface area contributed by atoms with Crippen molar-refractivity contribution < 1.29 is 17.9 Å². The van der Waals surface area contributed by atoms with Gasteiger partial charge in [-0.25, -0.2) is 0 Å². The molecule has 0 radical (unpaired) electrons. The van der Waals surface area contributed by atoms with Gasteiger partial charge < -0.3 is 15.8 Å². The average molecular weight is 357 g/mol. The minimum atomic E-state index is -4.34. The largest absolute Gasteiger partial charge is 0.416 e. The lowest BCUT2D eigenvalue weighted by molar-refractivity contribution is -0.137. The highest BCUT2D eigenvalue weighted by Gasteiger charge is 2.38. The Morgan fingerprint density at radius 2 is 2.04 bits per heavy atom. The Balaban J connectivity index is 2.19. The van der Waals surface area contributed by atoms with Crippen LogP contribution in [0.5, 0.6) is 0 Å². The zero-order chi connectivity index (χ0) is 18.5. The molecular formula is C18H26F3N3O. The summed E-state index contributed by atoms with van der Waals surface area (Å²) in [6.07, 6.45) is -0.731. The Labute approximate surface area is 146 Å². The van der Waals surface area contributed by atoms with Gasteiger partial charge in [-0.3, -0.25) is 4.99 Å². The van der Waals surface area contributed by atoms with Crippen LogP contribution < -0.4 is 11.1 Å². The van der Waals surface area contributed by atoms with Crippen LogP contribution >= 0.6 is 0 Å². The first-order valence-electron chi connectivity index (χ1n) is 8.50. The van der Waals surface area contributed by atoms with E-state index < -0.39 is 11.7 Å². The predicted octanol–water partition coefficient (Wildman–Crippen LogP) is 3.46. The Bertz CT molecular complexity index is 595. The molecule has 140 valence electrons. The molecule has 0 saturated heterocycles. The average Bonchev–Trinajstić information content (AvgIpc) is 3.03. The molecule has 0 aromatic heterocycles. The number of aliphatic imine (C=N–C) groups is 1. The molecule has 0 spiro atoms. The third kappa shape index (κ3) is 5.11. The maximum Gasteiger partial charge on any atom is 0.416 e. The number of halogens is 3. The number of ether oxygens (including phenoxy) is 1. The topological polar surface area (TPSA) is 59.6 Å². The summed E-state index contributed by atoms with van der Waals surface area (Å²) in [6.45, 7) is 2.80. The third-order valence-electron chi connectivity index (χ3n) is 4.73. The summed E-state index contributed by atoms with van der Waals surface area (Å²) in [5.41, 5.74) is 5.63. The number of benzene rings is 1. The molecule has 0 heterocycles. The van der Waals surface area contributed by atoms with Gasteiger partial charge >= 0.3 is 6.18 Å². The second-order valence-electron chi connectivity index (χ2n) is 6.77. The highest BCUT2D eigenvalue weighted by Crippen LogP contribution is 2.43. The summed E-state index contributed by atoms with van der Waals surface area (Å²) in [4.78, 5) is 4.42. The van der Waals surface area contributed by atoms with Gasteiger partial charge in [-0.05, 0) is 31.4 Å². The van der Waals surface area contributed by atoms with E-state index >= 15 is 0 Å². The Kier molecular flexibility index (Phi) is 6.32. The molecule has 4 nitrogen and oxygen atoms in total. The smallest absolute Gasteiger partial charge is 0.383 e. The zero-order valence-electron chi connectivity index (χ0n) is 14.7. The summed E-state index contributed by atoms with van der Waals surface area (Å²) >= 11 is 0. The van der Waals surface area contributed by atoms with Gasteiger partial charge in [0.05, 0.1) is 18.7 Å². The molecule has 0 bridgehead atoms. The van der Waals surface area contributed by atoms with Crippen LogP contribution in [-0.4, -0.2) is 32.3 Å². The maximum absolute atomic E-state index is 13.0. The number of alkyl halides is 3. The molecular weight excluding hydrogens is 331 g/mol. The highest BCUT2D eigenvalue weighted by atomic mass is 19.4. The number of guanidine groups is 1. The van der Waals surface area contributed by atoms with Crippen molar-refractivity contribution in [1.82, 2.24) is 5.32 Å². The zero-order valence-corrected chi connectivity index (χ0v) is 14.7. The van der Waals surface area contributed by atoms with Crippen LogP contribution in [-0.2, 0) is 16.3 Å². The van der Waals surface area contributed by atoms with Gasteiger partial charge in [-0.2, -0.15) is 13.2 Å². The van der Waals surface area contributed by atoms with E-state index in [0.717, 1.165) is 31.7 Å². The molecule has 1 atom stereocenters. The summed E-state index contributed by atoms with van der Waals surface area (Å²) in [7, 11) is 1.60. The molecule has 2 rings (SSSR count). The fourth-order valence-corrected chi connectivity index (χ4v) is 3.44. The van der Waals surface area contributed by atoms with E-state index in [0.29, 0.717) is 24.7 Å². The minimum absolute atomic E-state index is 0.0156. The molecule has 0 aliphatic heterocycles. The summed E-state index contributed by atoms with van der Waals surface area (Å²) < 4.78 is 44.2. The Morgan fingerprint density at radius 1 is 1.36 bits per heavy atom. The molecule has 1 fully saturated rings.